The normalized spacial score (nSPS) is 18.2. The second-order valence-electron chi connectivity index (χ2n) is 6.90. The van der Waals surface area contributed by atoms with E-state index in [0.717, 1.165) is 30.1 Å². The van der Waals surface area contributed by atoms with E-state index in [2.05, 4.69) is 29.6 Å². The Kier molecular flexibility index (Phi) is 6.48. The summed E-state index contributed by atoms with van der Waals surface area (Å²) in [5.41, 5.74) is 3.93. The molecule has 0 amide bonds. The number of nitrogens with zero attached hydrogens (tertiary/aromatic N) is 2. The number of carbonyl (C=O) groups is 1. The molecule has 1 heterocycles. The molecule has 0 saturated heterocycles. The topological polar surface area (TPSA) is 53.9 Å². The standard InChI is InChI=1S/C23H27N3O2/c1-17-21(22(27)28-3)20(15-14-18-10-6-4-7-11-18)25-23(26(17)2)24-16-19-12-8-5-9-13-19/h4-13,20H,14-16H2,1-3H3,(H,24,25). The Morgan fingerprint density at radius 3 is 2.29 bits per heavy atom. The summed E-state index contributed by atoms with van der Waals surface area (Å²) in [4.78, 5) is 19.1. The summed E-state index contributed by atoms with van der Waals surface area (Å²) in [6.07, 6.45) is 1.64. The van der Waals surface area contributed by atoms with Crippen LogP contribution in [0.4, 0.5) is 0 Å². The predicted octanol–water partition coefficient (Wildman–Crippen LogP) is 3.53. The Morgan fingerprint density at radius 1 is 1.07 bits per heavy atom. The third kappa shape index (κ3) is 4.60. The number of carbonyl (C=O) groups excluding carboxylic acids is 1. The van der Waals surface area contributed by atoms with Crippen LogP contribution >= 0.6 is 0 Å². The van der Waals surface area contributed by atoms with Crippen LogP contribution in [-0.2, 0) is 22.5 Å². The van der Waals surface area contributed by atoms with Crippen molar-refractivity contribution in [3.05, 3.63) is 83.1 Å². The highest BCUT2D eigenvalue weighted by atomic mass is 16.5. The van der Waals surface area contributed by atoms with Gasteiger partial charge in [-0.2, -0.15) is 0 Å². The maximum Gasteiger partial charge on any atom is 0.337 e. The first-order valence-corrected chi connectivity index (χ1v) is 9.51. The number of allylic oxidation sites excluding steroid dienone is 1. The van der Waals surface area contributed by atoms with E-state index in [9.17, 15) is 4.79 Å². The molecule has 0 aliphatic carbocycles. The number of ether oxygens (including phenoxy) is 1. The lowest BCUT2D eigenvalue weighted by Crippen LogP contribution is -2.51. The van der Waals surface area contributed by atoms with Gasteiger partial charge in [0.2, 0.25) is 0 Å². The monoisotopic (exact) mass is 377 g/mol. The van der Waals surface area contributed by atoms with E-state index in [4.69, 9.17) is 9.73 Å². The predicted molar refractivity (Wildman–Crippen MR) is 112 cm³/mol. The SMILES string of the molecule is COC(=O)C1=C(C)N(C)C(=NCc2ccccc2)NC1CCc1ccccc1. The van der Waals surface area contributed by atoms with Crippen molar-refractivity contribution in [1.82, 2.24) is 10.2 Å². The Morgan fingerprint density at radius 2 is 1.68 bits per heavy atom. The van der Waals surface area contributed by atoms with E-state index in [1.54, 1.807) is 0 Å². The third-order valence-corrected chi connectivity index (χ3v) is 5.09. The van der Waals surface area contributed by atoms with Gasteiger partial charge in [0.05, 0.1) is 25.3 Å². The van der Waals surface area contributed by atoms with Crippen LogP contribution in [-0.4, -0.2) is 37.0 Å². The largest absolute Gasteiger partial charge is 0.466 e. The van der Waals surface area contributed by atoms with Crippen molar-refractivity contribution in [1.29, 1.82) is 0 Å². The number of hydrogen-bond acceptors (Lipinski definition) is 3. The van der Waals surface area contributed by atoms with Gasteiger partial charge in [-0.3, -0.25) is 0 Å². The Labute approximate surface area is 166 Å². The zero-order valence-electron chi connectivity index (χ0n) is 16.7. The molecule has 28 heavy (non-hydrogen) atoms. The van der Waals surface area contributed by atoms with Crippen molar-refractivity contribution in [2.24, 2.45) is 4.99 Å². The number of benzene rings is 2. The molecule has 0 aromatic heterocycles. The zero-order chi connectivity index (χ0) is 19.9. The smallest absolute Gasteiger partial charge is 0.337 e. The summed E-state index contributed by atoms with van der Waals surface area (Å²) >= 11 is 0. The fourth-order valence-corrected chi connectivity index (χ4v) is 3.39. The van der Waals surface area contributed by atoms with Crippen LogP contribution in [0.25, 0.3) is 0 Å². The van der Waals surface area contributed by atoms with Crippen LogP contribution in [0.3, 0.4) is 0 Å². The minimum atomic E-state index is -0.294. The van der Waals surface area contributed by atoms with Crippen molar-refractivity contribution in [3.8, 4) is 0 Å². The molecule has 2 aromatic rings. The molecule has 0 saturated carbocycles. The van der Waals surface area contributed by atoms with Crippen molar-refractivity contribution in [3.63, 3.8) is 0 Å². The Hall–Kier alpha value is -3.08. The number of rotatable bonds is 6. The van der Waals surface area contributed by atoms with Crippen LogP contribution in [0.1, 0.15) is 24.5 Å². The molecule has 2 aromatic carbocycles. The second-order valence-corrected chi connectivity index (χ2v) is 6.90. The van der Waals surface area contributed by atoms with Gasteiger partial charge in [0, 0.05) is 12.7 Å². The van der Waals surface area contributed by atoms with Crippen molar-refractivity contribution in [2.75, 3.05) is 14.2 Å². The molecular weight excluding hydrogens is 350 g/mol. The number of guanidine groups is 1. The molecule has 5 nitrogen and oxygen atoms in total. The van der Waals surface area contributed by atoms with Gasteiger partial charge >= 0.3 is 5.97 Å². The Balaban J connectivity index is 1.83. The molecule has 0 fully saturated rings. The first-order chi connectivity index (χ1) is 13.6. The lowest BCUT2D eigenvalue weighted by atomic mass is 9.95. The molecule has 1 atom stereocenters. The quantitative estimate of drug-likeness (QED) is 0.783. The van der Waals surface area contributed by atoms with E-state index in [1.807, 2.05) is 55.3 Å². The highest BCUT2D eigenvalue weighted by Gasteiger charge is 2.32. The number of hydrogen-bond donors (Lipinski definition) is 1. The number of methoxy groups -OCH3 is 1. The van der Waals surface area contributed by atoms with E-state index >= 15 is 0 Å². The van der Waals surface area contributed by atoms with Gasteiger partial charge < -0.3 is 15.0 Å². The number of esters is 1. The average molecular weight is 377 g/mol. The molecule has 0 bridgehead atoms. The number of nitrogens with one attached hydrogen (secondary N) is 1. The highest BCUT2D eigenvalue weighted by Crippen LogP contribution is 2.23. The average Bonchev–Trinajstić information content (AvgIpc) is 2.74. The lowest BCUT2D eigenvalue weighted by Gasteiger charge is -2.35. The van der Waals surface area contributed by atoms with E-state index in [1.165, 1.54) is 12.7 Å². The molecule has 3 rings (SSSR count). The van der Waals surface area contributed by atoms with Crippen molar-refractivity contribution < 1.29 is 9.53 Å². The summed E-state index contributed by atoms with van der Waals surface area (Å²) in [7, 11) is 3.35. The van der Waals surface area contributed by atoms with Crippen LogP contribution in [0, 0.1) is 0 Å². The van der Waals surface area contributed by atoms with E-state index in [0.29, 0.717) is 12.1 Å². The van der Waals surface area contributed by atoms with Crippen LogP contribution < -0.4 is 5.32 Å². The number of aryl methyl sites for hydroxylation is 1. The molecule has 0 spiro atoms. The summed E-state index contributed by atoms with van der Waals surface area (Å²) in [6.45, 7) is 2.53. The fraction of sp³-hybridized carbons (Fsp3) is 0.304. The second kappa shape index (κ2) is 9.22. The van der Waals surface area contributed by atoms with Crippen molar-refractivity contribution >= 4 is 11.9 Å². The van der Waals surface area contributed by atoms with Gasteiger partial charge in [-0.05, 0) is 30.9 Å². The van der Waals surface area contributed by atoms with Crippen LogP contribution in [0.2, 0.25) is 0 Å². The van der Waals surface area contributed by atoms with Crippen LogP contribution in [0.15, 0.2) is 76.9 Å². The lowest BCUT2D eigenvalue weighted by molar-refractivity contribution is -0.136. The first-order valence-electron chi connectivity index (χ1n) is 9.51. The highest BCUT2D eigenvalue weighted by molar-refractivity contribution is 5.95. The molecule has 1 aliphatic heterocycles. The maximum atomic E-state index is 12.4. The van der Waals surface area contributed by atoms with E-state index < -0.39 is 0 Å². The maximum absolute atomic E-state index is 12.4. The summed E-state index contributed by atoms with van der Waals surface area (Å²) < 4.78 is 5.05. The molecule has 5 heteroatoms. The van der Waals surface area contributed by atoms with Crippen LogP contribution in [0.5, 0.6) is 0 Å². The third-order valence-electron chi connectivity index (χ3n) is 5.09. The zero-order valence-corrected chi connectivity index (χ0v) is 16.7. The minimum Gasteiger partial charge on any atom is -0.466 e. The van der Waals surface area contributed by atoms with Gasteiger partial charge in [-0.1, -0.05) is 60.7 Å². The minimum absolute atomic E-state index is 0.140. The first kappa shape index (κ1) is 19.7. The summed E-state index contributed by atoms with van der Waals surface area (Å²) in [6, 6.07) is 20.3. The Bertz CT molecular complexity index is 860. The molecule has 1 unspecified atom stereocenters. The van der Waals surface area contributed by atoms with Gasteiger partial charge in [0.25, 0.3) is 0 Å². The molecule has 1 N–H and O–H groups in total. The molecule has 146 valence electrons. The van der Waals surface area contributed by atoms with Gasteiger partial charge in [-0.15, -0.1) is 0 Å². The van der Waals surface area contributed by atoms with Gasteiger partial charge in [0.1, 0.15) is 0 Å². The number of aliphatic imine (C=N–C) groups is 1. The molecule has 0 radical (unpaired) electrons. The summed E-state index contributed by atoms with van der Waals surface area (Å²) in [5, 5.41) is 3.46. The molecular formula is C23H27N3O2. The van der Waals surface area contributed by atoms with Crippen molar-refractivity contribution in [2.45, 2.75) is 32.4 Å². The van der Waals surface area contributed by atoms with Gasteiger partial charge in [-0.25, -0.2) is 9.79 Å². The van der Waals surface area contributed by atoms with Gasteiger partial charge in [0.15, 0.2) is 5.96 Å². The summed E-state index contributed by atoms with van der Waals surface area (Å²) in [5.74, 6) is 0.476. The molecule has 1 aliphatic rings. The van der Waals surface area contributed by atoms with E-state index in [-0.39, 0.29) is 12.0 Å². The fourth-order valence-electron chi connectivity index (χ4n) is 3.39.